The molecule has 0 saturated carbocycles. The Morgan fingerprint density at radius 1 is 1.27 bits per heavy atom. The minimum atomic E-state index is -0.557. The van der Waals surface area contributed by atoms with Gasteiger partial charge in [-0.1, -0.05) is 12.1 Å². The second-order valence-corrected chi connectivity index (χ2v) is 5.23. The Labute approximate surface area is 128 Å². The minimum absolute atomic E-state index is 0.194. The lowest BCUT2D eigenvalue weighted by Gasteiger charge is -2.08. The number of amides is 1. The van der Waals surface area contributed by atoms with Gasteiger partial charge in [-0.05, 0) is 31.2 Å². The van der Waals surface area contributed by atoms with Gasteiger partial charge >= 0.3 is 0 Å². The van der Waals surface area contributed by atoms with E-state index in [2.05, 4.69) is 15.3 Å². The number of fused-ring (bicyclic) bond motifs is 1. The summed E-state index contributed by atoms with van der Waals surface area (Å²) in [5.41, 5.74) is 3.43. The van der Waals surface area contributed by atoms with Crippen molar-refractivity contribution in [3.63, 3.8) is 0 Å². The van der Waals surface area contributed by atoms with Crippen LogP contribution >= 0.6 is 0 Å². The van der Waals surface area contributed by atoms with Crippen molar-refractivity contribution in [2.45, 2.75) is 13.0 Å². The van der Waals surface area contributed by atoms with Crippen molar-refractivity contribution < 1.29 is 9.90 Å². The summed E-state index contributed by atoms with van der Waals surface area (Å²) in [7, 11) is 0. The van der Waals surface area contributed by atoms with Crippen LogP contribution in [-0.4, -0.2) is 33.6 Å². The van der Waals surface area contributed by atoms with Gasteiger partial charge in [0.15, 0.2) is 0 Å². The van der Waals surface area contributed by atoms with Crippen molar-refractivity contribution >= 4 is 16.8 Å². The van der Waals surface area contributed by atoms with E-state index in [1.807, 2.05) is 30.5 Å². The standard InChI is InChI=1S/C17H17N3O2/c1-11(21)10-20-17(22)13-4-2-12(3-5-13)16-14-6-8-18-15(14)7-9-19-16/h2-9,11,18,21H,10H2,1H3,(H,20,22). The lowest BCUT2D eigenvalue weighted by molar-refractivity contribution is 0.0924. The first-order valence-corrected chi connectivity index (χ1v) is 7.14. The molecule has 5 nitrogen and oxygen atoms in total. The summed E-state index contributed by atoms with van der Waals surface area (Å²) < 4.78 is 0. The lowest BCUT2D eigenvalue weighted by atomic mass is 10.1. The number of aromatic nitrogens is 2. The number of carbonyl (C=O) groups excluding carboxylic acids is 1. The maximum atomic E-state index is 11.9. The lowest BCUT2D eigenvalue weighted by Crippen LogP contribution is -2.30. The third-order valence-electron chi connectivity index (χ3n) is 3.46. The fourth-order valence-electron chi connectivity index (χ4n) is 2.33. The summed E-state index contributed by atoms with van der Waals surface area (Å²) in [6.07, 6.45) is 3.09. The molecule has 0 aliphatic rings. The maximum absolute atomic E-state index is 11.9. The Morgan fingerprint density at radius 2 is 2.05 bits per heavy atom. The van der Waals surface area contributed by atoms with Crippen LogP contribution in [0.15, 0.2) is 48.8 Å². The van der Waals surface area contributed by atoms with Crippen LogP contribution in [0.1, 0.15) is 17.3 Å². The van der Waals surface area contributed by atoms with Crippen LogP contribution in [0.5, 0.6) is 0 Å². The van der Waals surface area contributed by atoms with E-state index in [1.54, 1.807) is 25.3 Å². The first-order chi connectivity index (χ1) is 10.6. The fourth-order valence-corrected chi connectivity index (χ4v) is 2.33. The highest BCUT2D eigenvalue weighted by Gasteiger charge is 2.09. The molecule has 0 aliphatic heterocycles. The molecule has 0 radical (unpaired) electrons. The topological polar surface area (TPSA) is 78.0 Å². The summed E-state index contributed by atoms with van der Waals surface area (Å²) >= 11 is 0. The Balaban J connectivity index is 1.85. The molecule has 22 heavy (non-hydrogen) atoms. The average Bonchev–Trinajstić information content (AvgIpc) is 3.01. The van der Waals surface area contributed by atoms with Crippen molar-refractivity contribution in [1.82, 2.24) is 15.3 Å². The van der Waals surface area contributed by atoms with Gasteiger partial charge in [0.05, 0.1) is 11.8 Å². The molecule has 3 rings (SSSR count). The quantitative estimate of drug-likeness (QED) is 0.691. The van der Waals surface area contributed by atoms with Crippen LogP contribution in [-0.2, 0) is 0 Å². The van der Waals surface area contributed by atoms with Gasteiger partial charge in [-0.2, -0.15) is 0 Å². The van der Waals surface area contributed by atoms with Gasteiger partial charge < -0.3 is 15.4 Å². The zero-order valence-electron chi connectivity index (χ0n) is 12.2. The maximum Gasteiger partial charge on any atom is 0.251 e. The molecule has 0 fully saturated rings. The molecule has 0 spiro atoms. The number of hydrogen-bond donors (Lipinski definition) is 3. The molecule has 0 saturated heterocycles. The Morgan fingerprint density at radius 3 is 2.77 bits per heavy atom. The Bertz CT molecular complexity index is 791. The molecule has 1 aromatic carbocycles. The number of aliphatic hydroxyl groups is 1. The monoisotopic (exact) mass is 295 g/mol. The fraction of sp³-hybridized carbons (Fsp3) is 0.176. The zero-order valence-corrected chi connectivity index (χ0v) is 12.2. The van der Waals surface area contributed by atoms with Crippen LogP contribution in [0.4, 0.5) is 0 Å². The van der Waals surface area contributed by atoms with Gasteiger partial charge in [0.2, 0.25) is 0 Å². The smallest absolute Gasteiger partial charge is 0.251 e. The molecule has 3 aromatic rings. The number of carbonyl (C=O) groups is 1. The molecule has 1 unspecified atom stereocenters. The number of aromatic amines is 1. The predicted octanol–water partition coefficient (Wildman–Crippen LogP) is 2.34. The summed E-state index contributed by atoms with van der Waals surface area (Å²) in [5, 5.41) is 12.9. The molecular weight excluding hydrogens is 278 g/mol. The van der Waals surface area contributed by atoms with Crippen molar-refractivity contribution in [3.8, 4) is 11.3 Å². The third-order valence-corrected chi connectivity index (χ3v) is 3.46. The molecule has 1 amide bonds. The van der Waals surface area contributed by atoms with Gasteiger partial charge in [-0.25, -0.2) is 0 Å². The van der Waals surface area contributed by atoms with Crippen LogP contribution in [0.3, 0.4) is 0 Å². The molecule has 3 N–H and O–H groups in total. The molecule has 5 heteroatoms. The molecule has 2 heterocycles. The van der Waals surface area contributed by atoms with Gasteiger partial charge in [0.25, 0.3) is 5.91 Å². The van der Waals surface area contributed by atoms with Gasteiger partial charge in [-0.3, -0.25) is 9.78 Å². The molecule has 1 atom stereocenters. The van der Waals surface area contributed by atoms with E-state index in [4.69, 9.17) is 0 Å². The summed E-state index contributed by atoms with van der Waals surface area (Å²) in [4.78, 5) is 19.5. The zero-order chi connectivity index (χ0) is 15.5. The predicted molar refractivity (Wildman–Crippen MR) is 85.5 cm³/mol. The molecule has 0 bridgehead atoms. The van der Waals surface area contributed by atoms with Crippen LogP contribution in [0.2, 0.25) is 0 Å². The van der Waals surface area contributed by atoms with Crippen molar-refractivity contribution in [1.29, 1.82) is 0 Å². The first kappa shape index (κ1) is 14.3. The minimum Gasteiger partial charge on any atom is -0.392 e. The number of aliphatic hydroxyl groups excluding tert-OH is 1. The molecule has 0 aliphatic carbocycles. The summed E-state index contributed by atoms with van der Waals surface area (Å²) in [6.45, 7) is 1.87. The number of hydrogen-bond acceptors (Lipinski definition) is 3. The van der Waals surface area contributed by atoms with Gasteiger partial charge in [0.1, 0.15) is 0 Å². The van der Waals surface area contributed by atoms with Crippen molar-refractivity contribution in [2.75, 3.05) is 6.54 Å². The first-order valence-electron chi connectivity index (χ1n) is 7.14. The largest absolute Gasteiger partial charge is 0.392 e. The van der Waals surface area contributed by atoms with E-state index >= 15 is 0 Å². The highest BCUT2D eigenvalue weighted by molar-refractivity contribution is 5.96. The number of rotatable bonds is 4. The number of benzene rings is 1. The molecule has 2 aromatic heterocycles. The Kier molecular flexibility index (Phi) is 3.89. The van der Waals surface area contributed by atoms with Crippen molar-refractivity contribution in [2.24, 2.45) is 0 Å². The van der Waals surface area contributed by atoms with Crippen LogP contribution in [0, 0.1) is 0 Å². The van der Waals surface area contributed by atoms with Crippen LogP contribution < -0.4 is 5.32 Å². The third kappa shape index (κ3) is 2.84. The number of H-pyrrole nitrogens is 1. The van der Waals surface area contributed by atoms with E-state index < -0.39 is 6.10 Å². The summed E-state index contributed by atoms with van der Waals surface area (Å²) in [6, 6.07) is 11.2. The van der Waals surface area contributed by atoms with E-state index in [0.29, 0.717) is 5.56 Å². The number of nitrogens with one attached hydrogen (secondary N) is 2. The highest BCUT2D eigenvalue weighted by Crippen LogP contribution is 2.25. The van der Waals surface area contributed by atoms with E-state index in [9.17, 15) is 9.90 Å². The van der Waals surface area contributed by atoms with Crippen LogP contribution in [0.25, 0.3) is 22.2 Å². The van der Waals surface area contributed by atoms with Gasteiger partial charge in [0, 0.05) is 41.0 Å². The van der Waals surface area contributed by atoms with E-state index in [-0.39, 0.29) is 12.5 Å². The van der Waals surface area contributed by atoms with E-state index in [1.165, 1.54) is 0 Å². The highest BCUT2D eigenvalue weighted by atomic mass is 16.3. The molecule has 112 valence electrons. The van der Waals surface area contributed by atoms with Gasteiger partial charge in [-0.15, -0.1) is 0 Å². The van der Waals surface area contributed by atoms with E-state index in [0.717, 1.165) is 22.2 Å². The normalized spacial score (nSPS) is 12.3. The number of pyridine rings is 1. The second kappa shape index (κ2) is 5.99. The SMILES string of the molecule is CC(O)CNC(=O)c1ccc(-c2nccc3[nH]ccc23)cc1. The van der Waals surface area contributed by atoms with Crippen molar-refractivity contribution in [3.05, 3.63) is 54.4 Å². The number of nitrogens with zero attached hydrogens (tertiary/aromatic N) is 1. The average molecular weight is 295 g/mol. The Hall–Kier alpha value is -2.66. The summed E-state index contributed by atoms with van der Waals surface area (Å²) in [5.74, 6) is -0.194. The molecular formula is C17H17N3O2. The second-order valence-electron chi connectivity index (χ2n) is 5.23.